The van der Waals surface area contributed by atoms with Crippen LogP contribution in [-0.4, -0.2) is 22.6 Å². The summed E-state index contributed by atoms with van der Waals surface area (Å²) in [6.45, 7) is 6.02. The van der Waals surface area contributed by atoms with E-state index in [-0.39, 0.29) is 11.6 Å². The molecule has 0 spiro atoms. The molecular weight excluding hydrogens is 268 g/mol. The third kappa shape index (κ3) is 6.61. The topological polar surface area (TPSA) is 78.4 Å². The van der Waals surface area contributed by atoms with Crippen LogP contribution < -0.4 is 10.6 Å². The van der Waals surface area contributed by atoms with Crippen LogP contribution in [0, 0.1) is 0 Å². The van der Waals surface area contributed by atoms with Crippen LogP contribution in [0.4, 0.5) is 10.5 Å². The standard InChI is InChI=1S/C16H22N2O3/c1-4-10-16(2,3)18-15(21)17-13-7-5-6-12(11-13)8-9-14(19)20/h5-9,11H,4,10H2,1-3H3,(H,19,20)(H2,17,18,21)/b9-8+. The van der Waals surface area contributed by atoms with Crippen molar-refractivity contribution in [1.29, 1.82) is 0 Å². The number of hydrogen-bond donors (Lipinski definition) is 3. The van der Waals surface area contributed by atoms with Gasteiger partial charge in [0.05, 0.1) is 0 Å². The molecule has 0 aromatic heterocycles. The number of hydrogen-bond acceptors (Lipinski definition) is 2. The Labute approximate surface area is 125 Å². The van der Waals surface area contributed by atoms with Gasteiger partial charge >= 0.3 is 12.0 Å². The number of carbonyl (C=O) groups is 2. The molecule has 0 aliphatic rings. The average molecular weight is 290 g/mol. The predicted molar refractivity (Wildman–Crippen MR) is 84.3 cm³/mol. The van der Waals surface area contributed by atoms with Crippen molar-refractivity contribution < 1.29 is 14.7 Å². The first-order chi connectivity index (χ1) is 9.82. The van der Waals surface area contributed by atoms with Crippen molar-refractivity contribution in [3.8, 4) is 0 Å². The van der Waals surface area contributed by atoms with Crippen molar-refractivity contribution in [3.05, 3.63) is 35.9 Å². The molecule has 5 nitrogen and oxygen atoms in total. The molecule has 0 radical (unpaired) electrons. The van der Waals surface area contributed by atoms with Gasteiger partial charge in [0.25, 0.3) is 0 Å². The fraction of sp³-hybridized carbons (Fsp3) is 0.375. The van der Waals surface area contributed by atoms with E-state index in [2.05, 4.69) is 17.6 Å². The van der Waals surface area contributed by atoms with Gasteiger partial charge in [0, 0.05) is 17.3 Å². The third-order valence-corrected chi connectivity index (χ3v) is 2.89. The molecule has 3 N–H and O–H groups in total. The molecule has 1 aromatic carbocycles. The van der Waals surface area contributed by atoms with E-state index in [1.54, 1.807) is 24.3 Å². The second-order valence-electron chi connectivity index (χ2n) is 5.51. The van der Waals surface area contributed by atoms with E-state index in [9.17, 15) is 9.59 Å². The minimum Gasteiger partial charge on any atom is -0.478 e. The first kappa shape index (κ1) is 16.8. The highest BCUT2D eigenvalue weighted by molar-refractivity contribution is 5.90. The Morgan fingerprint density at radius 3 is 2.67 bits per heavy atom. The molecule has 0 aliphatic heterocycles. The van der Waals surface area contributed by atoms with Crippen LogP contribution in [0.5, 0.6) is 0 Å². The fourth-order valence-electron chi connectivity index (χ4n) is 2.04. The second-order valence-corrected chi connectivity index (χ2v) is 5.51. The average Bonchev–Trinajstić information content (AvgIpc) is 2.35. The van der Waals surface area contributed by atoms with Crippen molar-refractivity contribution >= 4 is 23.8 Å². The van der Waals surface area contributed by atoms with Crippen molar-refractivity contribution in [2.24, 2.45) is 0 Å². The molecule has 0 atom stereocenters. The lowest BCUT2D eigenvalue weighted by molar-refractivity contribution is -0.131. The van der Waals surface area contributed by atoms with Crippen LogP contribution >= 0.6 is 0 Å². The first-order valence-electron chi connectivity index (χ1n) is 6.92. The molecule has 0 aliphatic carbocycles. The molecular formula is C16H22N2O3. The lowest BCUT2D eigenvalue weighted by Crippen LogP contribution is -2.45. The van der Waals surface area contributed by atoms with Gasteiger partial charge in [0.2, 0.25) is 0 Å². The van der Waals surface area contributed by atoms with E-state index < -0.39 is 5.97 Å². The number of amides is 2. The highest BCUT2D eigenvalue weighted by atomic mass is 16.4. The van der Waals surface area contributed by atoms with Gasteiger partial charge in [-0.25, -0.2) is 9.59 Å². The van der Waals surface area contributed by atoms with Gasteiger partial charge in [0.15, 0.2) is 0 Å². The number of carbonyl (C=O) groups excluding carboxylic acids is 1. The maximum absolute atomic E-state index is 11.9. The molecule has 0 unspecified atom stereocenters. The zero-order chi connectivity index (χ0) is 15.9. The van der Waals surface area contributed by atoms with Gasteiger partial charge in [0.1, 0.15) is 0 Å². The number of rotatable bonds is 6. The van der Waals surface area contributed by atoms with Gasteiger partial charge in [-0.3, -0.25) is 0 Å². The van der Waals surface area contributed by atoms with E-state index in [0.29, 0.717) is 11.3 Å². The zero-order valence-electron chi connectivity index (χ0n) is 12.6. The maximum Gasteiger partial charge on any atom is 0.328 e. The van der Waals surface area contributed by atoms with Crippen LogP contribution in [0.25, 0.3) is 6.08 Å². The first-order valence-corrected chi connectivity index (χ1v) is 6.92. The number of benzene rings is 1. The van der Waals surface area contributed by atoms with E-state index in [1.807, 2.05) is 13.8 Å². The quantitative estimate of drug-likeness (QED) is 0.702. The van der Waals surface area contributed by atoms with Crippen LogP contribution in [0.3, 0.4) is 0 Å². The molecule has 21 heavy (non-hydrogen) atoms. The molecule has 0 saturated carbocycles. The predicted octanol–water partition coefficient (Wildman–Crippen LogP) is 3.48. The van der Waals surface area contributed by atoms with Gasteiger partial charge in [-0.2, -0.15) is 0 Å². The van der Waals surface area contributed by atoms with Crippen molar-refractivity contribution in [3.63, 3.8) is 0 Å². The van der Waals surface area contributed by atoms with E-state index in [0.717, 1.165) is 18.9 Å². The Bertz CT molecular complexity index is 536. The van der Waals surface area contributed by atoms with E-state index in [1.165, 1.54) is 6.08 Å². The second kappa shape index (κ2) is 7.47. The molecule has 0 fully saturated rings. The van der Waals surface area contributed by atoms with Gasteiger partial charge in [-0.05, 0) is 44.0 Å². The van der Waals surface area contributed by atoms with Crippen LogP contribution in [0.2, 0.25) is 0 Å². The van der Waals surface area contributed by atoms with Crippen molar-refractivity contribution in [1.82, 2.24) is 5.32 Å². The molecule has 2 amide bonds. The van der Waals surface area contributed by atoms with Gasteiger partial charge < -0.3 is 15.7 Å². The molecule has 0 heterocycles. The van der Waals surface area contributed by atoms with Crippen LogP contribution in [0.15, 0.2) is 30.3 Å². The Kier molecular flexibility index (Phi) is 5.96. The van der Waals surface area contributed by atoms with Crippen LogP contribution in [0.1, 0.15) is 39.2 Å². The highest BCUT2D eigenvalue weighted by Crippen LogP contribution is 2.14. The normalized spacial score (nSPS) is 11.4. The lowest BCUT2D eigenvalue weighted by atomic mass is 9.99. The fourth-order valence-corrected chi connectivity index (χ4v) is 2.04. The summed E-state index contributed by atoms with van der Waals surface area (Å²) in [4.78, 5) is 22.4. The summed E-state index contributed by atoms with van der Waals surface area (Å²) in [5.74, 6) is -1.01. The van der Waals surface area contributed by atoms with E-state index >= 15 is 0 Å². The molecule has 114 valence electrons. The molecule has 1 aromatic rings. The Balaban J connectivity index is 2.68. The summed E-state index contributed by atoms with van der Waals surface area (Å²) < 4.78 is 0. The smallest absolute Gasteiger partial charge is 0.328 e. The number of carboxylic acid groups (broad SMARTS) is 1. The third-order valence-electron chi connectivity index (χ3n) is 2.89. The summed E-state index contributed by atoms with van der Waals surface area (Å²) in [6.07, 6.45) is 4.42. The number of urea groups is 1. The maximum atomic E-state index is 11.9. The summed E-state index contributed by atoms with van der Waals surface area (Å²) in [6, 6.07) is 6.72. The molecule has 5 heteroatoms. The summed E-state index contributed by atoms with van der Waals surface area (Å²) in [5, 5.41) is 14.3. The summed E-state index contributed by atoms with van der Waals surface area (Å²) >= 11 is 0. The van der Waals surface area contributed by atoms with Gasteiger partial charge in [-0.1, -0.05) is 25.5 Å². The lowest BCUT2D eigenvalue weighted by Gasteiger charge is -2.25. The Hall–Kier alpha value is -2.30. The SMILES string of the molecule is CCCC(C)(C)NC(=O)Nc1cccc(/C=C/C(=O)O)c1. The summed E-state index contributed by atoms with van der Waals surface area (Å²) in [7, 11) is 0. The van der Waals surface area contributed by atoms with Gasteiger partial charge in [-0.15, -0.1) is 0 Å². The zero-order valence-corrected chi connectivity index (χ0v) is 12.6. The minimum atomic E-state index is -1.01. The van der Waals surface area contributed by atoms with Crippen molar-refractivity contribution in [2.75, 3.05) is 5.32 Å². The van der Waals surface area contributed by atoms with Crippen LogP contribution in [-0.2, 0) is 4.79 Å². The summed E-state index contributed by atoms with van der Waals surface area (Å²) in [5.41, 5.74) is 1.06. The van der Waals surface area contributed by atoms with E-state index in [4.69, 9.17) is 5.11 Å². The largest absolute Gasteiger partial charge is 0.478 e. The number of carboxylic acids is 1. The number of nitrogens with one attached hydrogen (secondary N) is 2. The molecule has 0 saturated heterocycles. The highest BCUT2D eigenvalue weighted by Gasteiger charge is 2.18. The van der Waals surface area contributed by atoms with Crippen molar-refractivity contribution in [2.45, 2.75) is 39.2 Å². The molecule has 0 bridgehead atoms. The number of aliphatic carboxylic acids is 1. The number of anilines is 1. The Morgan fingerprint density at radius 2 is 2.05 bits per heavy atom. The Morgan fingerprint density at radius 1 is 1.33 bits per heavy atom. The minimum absolute atomic E-state index is 0.264. The monoisotopic (exact) mass is 290 g/mol. The molecule has 1 rings (SSSR count).